The molecule has 0 saturated heterocycles. The van der Waals surface area contributed by atoms with Crippen molar-refractivity contribution in [2.24, 2.45) is 5.92 Å². The standard InChI is InChI=1S/C15H22N2O2/c1-15(2,3)19-14(18)17-13-7-5-4-6-12(13)16-10-11-8-9-11/h4-7,11,16H,8-10H2,1-3H3,(H,17,18). The zero-order chi connectivity index (χ0) is 13.9. The lowest BCUT2D eigenvalue weighted by Crippen LogP contribution is -2.27. The summed E-state index contributed by atoms with van der Waals surface area (Å²) in [6.45, 7) is 6.52. The van der Waals surface area contributed by atoms with Gasteiger partial charge in [-0.15, -0.1) is 0 Å². The van der Waals surface area contributed by atoms with E-state index in [2.05, 4.69) is 10.6 Å². The summed E-state index contributed by atoms with van der Waals surface area (Å²) >= 11 is 0. The summed E-state index contributed by atoms with van der Waals surface area (Å²) < 4.78 is 5.26. The molecular formula is C15H22N2O2. The third kappa shape index (κ3) is 4.81. The molecule has 4 nitrogen and oxygen atoms in total. The van der Waals surface area contributed by atoms with E-state index in [1.165, 1.54) is 12.8 Å². The summed E-state index contributed by atoms with van der Waals surface area (Å²) in [6, 6.07) is 7.69. The second-order valence-electron chi connectivity index (χ2n) is 6.00. The molecule has 1 aromatic rings. The second-order valence-corrected chi connectivity index (χ2v) is 6.00. The normalized spacial score (nSPS) is 14.9. The molecular weight excluding hydrogens is 240 g/mol. The first-order chi connectivity index (χ1) is 8.94. The number of para-hydroxylation sites is 2. The molecule has 19 heavy (non-hydrogen) atoms. The van der Waals surface area contributed by atoms with Crippen molar-refractivity contribution in [3.8, 4) is 0 Å². The van der Waals surface area contributed by atoms with Crippen LogP contribution < -0.4 is 10.6 Å². The van der Waals surface area contributed by atoms with Crippen molar-refractivity contribution < 1.29 is 9.53 Å². The lowest BCUT2D eigenvalue weighted by molar-refractivity contribution is 0.0636. The Kier molecular flexibility index (Phi) is 3.98. The first kappa shape index (κ1) is 13.7. The number of amides is 1. The number of hydrogen-bond acceptors (Lipinski definition) is 3. The van der Waals surface area contributed by atoms with Crippen molar-refractivity contribution in [1.29, 1.82) is 0 Å². The number of rotatable bonds is 4. The average molecular weight is 262 g/mol. The molecule has 0 aliphatic heterocycles. The fourth-order valence-electron chi connectivity index (χ4n) is 1.74. The van der Waals surface area contributed by atoms with Crippen LogP contribution in [0, 0.1) is 5.92 Å². The Bertz CT molecular complexity index is 448. The molecule has 1 aliphatic rings. The number of ether oxygens (including phenoxy) is 1. The van der Waals surface area contributed by atoms with Crippen LogP contribution in [0.4, 0.5) is 16.2 Å². The van der Waals surface area contributed by atoms with Gasteiger partial charge in [-0.2, -0.15) is 0 Å². The van der Waals surface area contributed by atoms with E-state index in [1.54, 1.807) is 0 Å². The summed E-state index contributed by atoms with van der Waals surface area (Å²) in [6.07, 6.45) is 2.18. The molecule has 1 amide bonds. The van der Waals surface area contributed by atoms with Crippen molar-refractivity contribution in [1.82, 2.24) is 0 Å². The molecule has 0 bridgehead atoms. The molecule has 1 aromatic carbocycles. The van der Waals surface area contributed by atoms with Gasteiger partial charge in [0.25, 0.3) is 0 Å². The monoisotopic (exact) mass is 262 g/mol. The van der Waals surface area contributed by atoms with E-state index in [1.807, 2.05) is 45.0 Å². The highest BCUT2D eigenvalue weighted by atomic mass is 16.6. The first-order valence-corrected chi connectivity index (χ1v) is 6.77. The van der Waals surface area contributed by atoms with Gasteiger partial charge in [-0.25, -0.2) is 4.79 Å². The molecule has 0 heterocycles. The van der Waals surface area contributed by atoms with E-state index in [4.69, 9.17) is 4.74 Å². The topological polar surface area (TPSA) is 50.4 Å². The highest BCUT2D eigenvalue weighted by Gasteiger charge is 2.21. The quantitative estimate of drug-likeness (QED) is 0.866. The Morgan fingerprint density at radius 1 is 1.26 bits per heavy atom. The zero-order valence-corrected chi connectivity index (χ0v) is 11.8. The number of carbonyl (C=O) groups is 1. The SMILES string of the molecule is CC(C)(C)OC(=O)Nc1ccccc1NCC1CC1. The predicted octanol–water partition coefficient (Wildman–Crippen LogP) is 3.86. The number of hydrogen-bond donors (Lipinski definition) is 2. The van der Waals surface area contributed by atoms with Crippen LogP contribution in [-0.4, -0.2) is 18.2 Å². The van der Waals surface area contributed by atoms with Gasteiger partial charge in [0.15, 0.2) is 0 Å². The Hall–Kier alpha value is -1.71. The number of benzene rings is 1. The molecule has 104 valence electrons. The number of carbonyl (C=O) groups excluding carboxylic acids is 1. The van der Waals surface area contributed by atoms with Gasteiger partial charge in [0, 0.05) is 6.54 Å². The van der Waals surface area contributed by atoms with E-state index in [0.29, 0.717) is 0 Å². The van der Waals surface area contributed by atoms with E-state index in [9.17, 15) is 4.79 Å². The Labute approximate surface area is 114 Å². The fraction of sp³-hybridized carbons (Fsp3) is 0.533. The molecule has 1 fully saturated rings. The molecule has 0 aromatic heterocycles. The maximum atomic E-state index is 11.8. The minimum atomic E-state index is -0.486. The summed E-state index contributed by atoms with van der Waals surface area (Å²) in [5.74, 6) is 0.787. The molecule has 1 aliphatic carbocycles. The van der Waals surface area contributed by atoms with Crippen molar-refractivity contribution in [2.45, 2.75) is 39.2 Å². The highest BCUT2D eigenvalue weighted by molar-refractivity contribution is 5.89. The third-order valence-electron chi connectivity index (χ3n) is 2.84. The summed E-state index contributed by atoms with van der Waals surface area (Å²) in [7, 11) is 0. The van der Waals surface area contributed by atoms with Crippen LogP contribution >= 0.6 is 0 Å². The van der Waals surface area contributed by atoms with E-state index in [0.717, 1.165) is 23.8 Å². The van der Waals surface area contributed by atoms with Gasteiger partial charge in [0.1, 0.15) is 5.60 Å². The second kappa shape index (κ2) is 5.51. The van der Waals surface area contributed by atoms with Crippen LogP contribution in [0.1, 0.15) is 33.6 Å². The molecule has 2 N–H and O–H groups in total. The molecule has 0 unspecified atom stereocenters. The van der Waals surface area contributed by atoms with Crippen LogP contribution in [0.5, 0.6) is 0 Å². The maximum Gasteiger partial charge on any atom is 0.412 e. The van der Waals surface area contributed by atoms with Gasteiger partial charge in [0.2, 0.25) is 0 Å². The Morgan fingerprint density at radius 2 is 1.89 bits per heavy atom. The van der Waals surface area contributed by atoms with Gasteiger partial charge >= 0.3 is 6.09 Å². The van der Waals surface area contributed by atoms with Crippen molar-refractivity contribution in [3.05, 3.63) is 24.3 Å². The van der Waals surface area contributed by atoms with E-state index in [-0.39, 0.29) is 0 Å². The predicted molar refractivity (Wildman–Crippen MR) is 77.5 cm³/mol. The summed E-state index contributed by atoms with van der Waals surface area (Å²) in [5, 5.41) is 6.16. The Morgan fingerprint density at radius 3 is 2.47 bits per heavy atom. The van der Waals surface area contributed by atoms with Crippen LogP contribution in [0.3, 0.4) is 0 Å². The molecule has 0 atom stereocenters. The van der Waals surface area contributed by atoms with Crippen LogP contribution in [-0.2, 0) is 4.74 Å². The lowest BCUT2D eigenvalue weighted by Gasteiger charge is -2.20. The van der Waals surface area contributed by atoms with Crippen molar-refractivity contribution in [3.63, 3.8) is 0 Å². The van der Waals surface area contributed by atoms with Gasteiger partial charge in [-0.1, -0.05) is 12.1 Å². The minimum absolute atomic E-state index is 0.423. The maximum absolute atomic E-state index is 11.8. The molecule has 4 heteroatoms. The van der Waals surface area contributed by atoms with Gasteiger partial charge < -0.3 is 10.1 Å². The number of anilines is 2. The number of nitrogens with one attached hydrogen (secondary N) is 2. The van der Waals surface area contributed by atoms with Crippen LogP contribution in [0.2, 0.25) is 0 Å². The molecule has 0 radical (unpaired) electrons. The molecule has 2 rings (SSSR count). The summed E-state index contributed by atoms with van der Waals surface area (Å²) in [5.41, 5.74) is 1.22. The third-order valence-corrected chi connectivity index (χ3v) is 2.84. The molecule has 0 spiro atoms. The molecule has 1 saturated carbocycles. The zero-order valence-electron chi connectivity index (χ0n) is 11.8. The van der Waals surface area contributed by atoms with Crippen LogP contribution in [0.15, 0.2) is 24.3 Å². The average Bonchev–Trinajstić information content (AvgIpc) is 3.09. The highest BCUT2D eigenvalue weighted by Crippen LogP contribution is 2.30. The Balaban J connectivity index is 1.96. The van der Waals surface area contributed by atoms with Crippen molar-refractivity contribution >= 4 is 17.5 Å². The summed E-state index contributed by atoms with van der Waals surface area (Å²) in [4.78, 5) is 11.8. The van der Waals surface area contributed by atoms with E-state index >= 15 is 0 Å². The van der Waals surface area contributed by atoms with Gasteiger partial charge in [-0.05, 0) is 51.7 Å². The van der Waals surface area contributed by atoms with E-state index < -0.39 is 11.7 Å². The van der Waals surface area contributed by atoms with Gasteiger partial charge in [-0.3, -0.25) is 5.32 Å². The lowest BCUT2D eigenvalue weighted by atomic mass is 10.2. The minimum Gasteiger partial charge on any atom is -0.444 e. The fourth-order valence-corrected chi connectivity index (χ4v) is 1.74. The van der Waals surface area contributed by atoms with Gasteiger partial charge in [0.05, 0.1) is 11.4 Å². The van der Waals surface area contributed by atoms with Crippen LogP contribution in [0.25, 0.3) is 0 Å². The largest absolute Gasteiger partial charge is 0.444 e. The van der Waals surface area contributed by atoms with Crippen molar-refractivity contribution in [2.75, 3.05) is 17.2 Å². The smallest absolute Gasteiger partial charge is 0.412 e. The first-order valence-electron chi connectivity index (χ1n) is 6.77.